The van der Waals surface area contributed by atoms with Gasteiger partial charge in [0.25, 0.3) is 0 Å². The summed E-state index contributed by atoms with van der Waals surface area (Å²) in [6.07, 6.45) is 5.34. The lowest BCUT2D eigenvalue weighted by Gasteiger charge is -2.44. The first-order valence-corrected chi connectivity index (χ1v) is 23.7. The van der Waals surface area contributed by atoms with Crippen LogP contribution in [-0.4, -0.2) is 92.8 Å². The van der Waals surface area contributed by atoms with Crippen LogP contribution in [0.15, 0.2) is 89.9 Å². The number of halogens is 4. The molecule has 6 N–H and O–H groups in total. The van der Waals surface area contributed by atoms with Crippen LogP contribution in [-0.2, 0) is 39.5 Å². The van der Waals surface area contributed by atoms with E-state index in [0.29, 0.717) is 63.0 Å². The Kier molecular flexibility index (Phi) is 20.9. The van der Waals surface area contributed by atoms with E-state index >= 15 is 0 Å². The van der Waals surface area contributed by atoms with E-state index in [9.17, 15) is 32.6 Å². The van der Waals surface area contributed by atoms with Crippen LogP contribution in [0.1, 0.15) is 113 Å². The number of benzene rings is 4. The molecule has 0 aromatic heterocycles. The van der Waals surface area contributed by atoms with Crippen LogP contribution in [0.4, 0.5) is 22.4 Å². The number of likely N-dealkylation sites (tertiary alicyclic amines) is 1. The Morgan fingerprint density at radius 1 is 0.735 bits per heavy atom. The van der Waals surface area contributed by atoms with Crippen molar-refractivity contribution >= 4 is 12.1 Å². The number of aliphatic hydroxyl groups is 2. The molecule has 2 fully saturated rings. The fourth-order valence-electron chi connectivity index (χ4n) is 8.85. The zero-order valence-electron chi connectivity index (χ0n) is 41.3. The number of aliphatic imine (C=N–C) groups is 1. The standard InChI is InChI=1S/C27H37F2N3O2.C25H34F2N2O.C2H3NO/c1-26(2,3)20-7-5-8-21(15-20)27(11-6-12-32(18-27)25(34)30-4)31-17-24(33)10-9-19-13-22(28)16-23(29)14-19;1-24(2,3)19-6-4-7-20(14-19)25(10-5-11-28-17-25)29-16-23(30)9-8-18-12-21(26)15-22(27)13-18;1-3-2-4/h5,7-8,13-16,24,31,33H,6,9-12,17-18H2,1-4H3,(H,30,34);4,6-7,12-15,23,28-30H,5,8-11,16-17H2,1-3H3;1H3. The minimum Gasteiger partial charge on any atom is -0.392 e. The summed E-state index contributed by atoms with van der Waals surface area (Å²) in [6.45, 7) is 16.8. The minimum absolute atomic E-state index is 0.0217. The minimum atomic E-state index is -0.704. The molecule has 14 heteroatoms. The van der Waals surface area contributed by atoms with Gasteiger partial charge in [0.1, 0.15) is 23.3 Å². The second kappa shape index (κ2) is 25.6. The number of amides is 2. The van der Waals surface area contributed by atoms with Gasteiger partial charge in [-0.25, -0.2) is 32.1 Å². The van der Waals surface area contributed by atoms with Crippen LogP contribution < -0.4 is 21.3 Å². The summed E-state index contributed by atoms with van der Waals surface area (Å²) in [4.78, 5) is 26.1. The fourth-order valence-corrected chi connectivity index (χ4v) is 8.85. The largest absolute Gasteiger partial charge is 0.392 e. The molecular formula is C54H74F4N6O4. The normalized spacial score (nSPS) is 19.3. The fraction of sp³-hybridized carbons (Fsp3) is 0.519. The van der Waals surface area contributed by atoms with E-state index in [1.54, 1.807) is 7.05 Å². The maximum atomic E-state index is 13.5. The SMILES string of the molecule is CC(C)(C)c1cccc(C2(NCC(O)CCc3cc(F)cc(F)c3)CCCNC2)c1.CN=C=O.CNC(=O)N1CCCC(NCC(O)CCc2cc(F)cc(F)c2)(c2cccc(C(C)(C)C)c2)C1. The second-order valence-electron chi connectivity index (χ2n) is 20.2. The molecule has 0 aliphatic carbocycles. The van der Waals surface area contributed by atoms with E-state index in [1.165, 1.54) is 54.1 Å². The zero-order chi connectivity index (χ0) is 50.1. The van der Waals surface area contributed by atoms with Crippen molar-refractivity contribution in [1.29, 1.82) is 0 Å². The predicted octanol–water partition coefficient (Wildman–Crippen LogP) is 8.85. The third-order valence-electron chi connectivity index (χ3n) is 12.8. The van der Waals surface area contributed by atoms with Gasteiger partial charge in [-0.1, -0.05) is 90.1 Å². The lowest BCUT2D eigenvalue weighted by atomic mass is 9.78. The second-order valence-corrected chi connectivity index (χ2v) is 20.2. The van der Waals surface area contributed by atoms with Gasteiger partial charge in [0.05, 0.1) is 23.3 Å². The molecule has 2 saturated heterocycles. The number of nitrogens with zero attached hydrogens (tertiary/aromatic N) is 2. The Morgan fingerprint density at radius 2 is 1.18 bits per heavy atom. The van der Waals surface area contributed by atoms with E-state index in [1.807, 2.05) is 11.0 Å². The number of aryl methyl sites for hydroxylation is 2. The van der Waals surface area contributed by atoms with E-state index < -0.39 is 41.0 Å². The smallest absolute Gasteiger partial charge is 0.317 e. The van der Waals surface area contributed by atoms with Crippen LogP contribution in [0.25, 0.3) is 0 Å². The van der Waals surface area contributed by atoms with Gasteiger partial charge in [-0.15, -0.1) is 0 Å². The number of aliphatic hydroxyl groups excluding tert-OH is 2. The molecule has 4 atom stereocenters. The number of urea groups is 1. The molecule has 0 spiro atoms. The molecule has 2 aliphatic heterocycles. The Bertz CT molecular complexity index is 2230. The summed E-state index contributed by atoms with van der Waals surface area (Å²) in [6, 6.07) is 24.0. The third kappa shape index (κ3) is 16.9. The van der Waals surface area contributed by atoms with Gasteiger partial charge >= 0.3 is 6.03 Å². The van der Waals surface area contributed by atoms with Crippen molar-refractivity contribution in [3.63, 3.8) is 0 Å². The highest BCUT2D eigenvalue weighted by atomic mass is 19.1. The molecule has 2 amide bonds. The van der Waals surface area contributed by atoms with E-state index in [0.717, 1.165) is 56.5 Å². The highest BCUT2D eigenvalue weighted by Gasteiger charge is 2.39. The first-order chi connectivity index (χ1) is 32.1. The summed E-state index contributed by atoms with van der Waals surface area (Å²) in [5.74, 6) is -2.39. The summed E-state index contributed by atoms with van der Waals surface area (Å²) in [7, 11) is 3.01. The number of hydrogen-bond donors (Lipinski definition) is 6. The molecule has 4 aromatic rings. The molecular weight excluding hydrogens is 873 g/mol. The Hall–Kier alpha value is -4.95. The molecule has 4 aromatic carbocycles. The van der Waals surface area contributed by atoms with Crippen LogP contribution in [0.2, 0.25) is 0 Å². The number of carbonyl (C=O) groups is 1. The van der Waals surface area contributed by atoms with Gasteiger partial charge in [-0.3, -0.25) is 0 Å². The Morgan fingerprint density at radius 3 is 1.59 bits per heavy atom. The van der Waals surface area contributed by atoms with Gasteiger partial charge in [0, 0.05) is 59.0 Å². The van der Waals surface area contributed by atoms with Crippen LogP contribution in [0.3, 0.4) is 0 Å². The lowest BCUT2D eigenvalue weighted by Crippen LogP contribution is -2.58. The summed E-state index contributed by atoms with van der Waals surface area (Å²) >= 11 is 0. The van der Waals surface area contributed by atoms with E-state index in [2.05, 4.69) is 110 Å². The predicted molar refractivity (Wildman–Crippen MR) is 262 cm³/mol. The molecule has 4 unspecified atom stereocenters. The van der Waals surface area contributed by atoms with Gasteiger partial charge in [-0.2, -0.15) is 0 Å². The van der Waals surface area contributed by atoms with Gasteiger partial charge in [0.2, 0.25) is 6.08 Å². The average Bonchev–Trinajstić information content (AvgIpc) is 3.30. The topological polar surface area (TPSA) is 138 Å². The molecule has 0 radical (unpaired) electrons. The van der Waals surface area contributed by atoms with E-state index in [-0.39, 0.29) is 22.4 Å². The number of isocyanates is 1. The van der Waals surface area contributed by atoms with Gasteiger partial charge in [-0.05, 0) is 126 Å². The highest BCUT2D eigenvalue weighted by molar-refractivity contribution is 5.74. The monoisotopic (exact) mass is 947 g/mol. The molecule has 0 bridgehead atoms. The maximum absolute atomic E-state index is 13.5. The molecule has 2 heterocycles. The number of piperidine rings is 2. The van der Waals surface area contributed by atoms with Crippen molar-refractivity contribution in [1.82, 2.24) is 26.2 Å². The van der Waals surface area contributed by atoms with Crippen molar-refractivity contribution in [2.24, 2.45) is 4.99 Å². The van der Waals surface area contributed by atoms with Crippen molar-refractivity contribution in [3.05, 3.63) is 142 Å². The maximum Gasteiger partial charge on any atom is 0.317 e. The zero-order valence-corrected chi connectivity index (χ0v) is 41.3. The number of nitrogens with one attached hydrogen (secondary N) is 4. The van der Waals surface area contributed by atoms with Crippen molar-refractivity contribution < 1.29 is 37.4 Å². The van der Waals surface area contributed by atoms with Gasteiger partial charge < -0.3 is 36.4 Å². The molecule has 372 valence electrons. The quantitative estimate of drug-likeness (QED) is 0.0422. The molecule has 6 rings (SSSR count). The molecule has 10 nitrogen and oxygen atoms in total. The summed E-state index contributed by atoms with van der Waals surface area (Å²) in [5.41, 5.74) is 5.23. The van der Waals surface area contributed by atoms with Gasteiger partial charge in [0.15, 0.2) is 0 Å². The molecule has 2 aliphatic rings. The van der Waals surface area contributed by atoms with Crippen LogP contribution >= 0.6 is 0 Å². The average molecular weight is 947 g/mol. The number of rotatable bonds is 14. The number of hydrogen-bond acceptors (Lipinski definition) is 8. The highest BCUT2D eigenvalue weighted by Crippen LogP contribution is 2.35. The summed E-state index contributed by atoms with van der Waals surface area (Å²) < 4.78 is 53.7. The Balaban J connectivity index is 0.000000277. The molecule has 68 heavy (non-hydrogen) atoms. The first kappa shape index (κ1) is 55.6. The lowest BCUT2D eigenvalue weighted by molar-refractivity contribution is 0.104. The Labute approximate surface area is 401 Å². The van der Waals surface area contributed by atoms with Crippen LogP contribution in [0, 0.1) is 23.3 Å². The number of carbonyl (C=O) groups excluding carboxylic acids is 2. The van der Waals surface area contributed by atoms with Crippen LogP contribution in [0.5, 0.6) is 0 Å². The summed E-state index contributed by atoms with van der Waals surface area (Å²) in [5, 5.41) is 34.7. The molecule has 0 saturated carbocycles. The first-order valence-electron chi connectivity index (χ1n) is 23.7. The van der Waals surface area contributed by atoms with Crippen molar-refractivity contribution in [2.45, 2.75) is 127 Å². The van der Waals surface area contributed by atoms with E-state index in [4.69, 9.17) is 4.79 Å². The third-order valence-corrected chi connectivity index (χ3v) is 12.8. The van der Waals surface area contributed by atoms with Crippen molar-refractivity contribution in [2.75, 3.05) is 53.4 Å². The van der Waals surface area contributed by atoms with Crippen molar-refractivity contribution in [3.8, 4) is 0 Å².